The van der Waals surface area contributed by atoms with Gasteiger partial charge in [-0.2, -0.15) is 0 Å². The van der Waals surface area contributed by atoms with Crippen molar-refractivity contribution in [1.29, 1.82) is 0 Å². The molecule has 72 valence electrons. The molecule has 1 aliphatic rings. The van der Waals surface area contributed by atoms with Gasteiger partial charge in [0.25, 0.3) is 0 Å². The molecule has 1 unspecified atom stereocenters. The highest BCUT2D eigenvalue weighted by molar-refractivity contribution is 5.73. The zero-order valence-electron chi connectivity index (χ0n) is 7.34. The quantitative estimate of drug-likeness (QED) is 0.312. The molecule has 1 saturated heterocycles. The van der Waals surface area contributed by atoms with Crippen LogP contribution in [-0.4, -0.2) is 30.7 Å². The first-order valence-electron chi connectivity index (χ1n) is 4.06. The fraction of sp³-hybridized carbons (Fsp3) is 0.857. The summed E-state index contributed by atoms with van der Waals surface area (Å²) in [5.74, 6) is 3.88. The van der Waals surface area contributed by atoms with E-state index >= 15 is 0 Å². The van der Waals surface area contributed by atoms with Gasteiger partial charge in [0.2, 0.25) is 0 Å². The molecule has 1 heterocycles. The predicted molar refractivity (Wildman–Crippen MR) is 46.5 cm³/mol. The highest BCUT2D eigenvalue weighted by atomic mass is 16.4. The molecule has 1 fully saturated rings. The number of nitrogens with one attached hydrogen (secondary N) is 2. The minimum absolute atomic E-state index is 0.279. The fourth-order valence-electron chi connectivity index (χ4n) is 1.06. The number of carboxylic acids is 1. The van der Waals surface area contributed by atoms with E-state index in [-0.39, 0.29) is 6.04 Å². The van der Waals surface area contributed by atoms with Crippen molar-refractivity contribution in [3.05, 3.63) is 0 Å². The number of aliphatic carboxylic acids is 1. The van der Waals surface area contributed by atoms with Crippen molar-refractivity contribution >= 4 is 5.97 Å². The van der Waals surface area contributed by atoms with Crippen LogP contribution in [0.15, 0.2) is 0 Å². The maximum atomic E-state index is 10.3. The van der Waals surface area contributed by atoms with E-state index in [1.165, 1.54) is 0 Å². The summed E-state index contributed by atoms with van der Waals surface area (Å²) in [4.78, 5) is 10.3. The molecule has 1 rings (SSSR count). The van der Waals surface area contributed by atoms with Crippen molar-refractivity contribution in [1.82, 2.24) is 10.7 Å². The van der Waals surface area contributed by atoms with Gasteiger partial charge in [0.1, 0.15) is 6.04 Å². The van der Waals surface area contributed by atoms with E-state index in [9.17, 15) is 4.79 Å². The van der Waals surface area contributed by atoms with Gasteiger partial charge in [0, 0.05) is 0 Å². The zero-order valence-corrected chi connectivity index (χ0v) is 7.34. The highest BCUT2D eigenvalue weighted by Crippen LogP contribution is 2.05. The summed E-state index contributed by atoms with van der Waals surface area (Å²) in [5.41, 5.74) is 2.25. The van der Waals surface area contributed by atoms with E-state index in [2.05, 4.69) is 16.6 Å². The summed E-state index contributed by atoms with van der Waals surface area (Å²) in [5, 5.41) is 11.4. The molecule has 0 radical (unpaired) electrons. The predicted octanol–water partition coefficient (Wildman–Crippen LogP) is -0.707. The van der Waals surface area contributed by atoms with Crippen LogP contribution in [0.25, 0.3) is 0 Å². The van der Waals surface area contributed by atoms with E-state index in [1.807, 2.05) is 0 Å². The average Bonchev–Trinajstić information content (AvgIpc) is 2.07. The topological polar surface area (TPSA) is 87.4 Å². The van der Waals surface area contributed by atoms with Crippen LogP contribution in [0.2, 0.25) is 0 Å². The van der Waals surface area contributed by atoms with Gasteiger partial charge in [-0.25, -0.2) is 0 Å². The molecule has 0 aromatic rings. The summed E-state index contributed by atoms with van der Waals surface area (Å²) in [6, 6.07) is -0.279. The summed E-state index contributed by atoms with van der Waals surface area (Å²) in [7, 11) is 1.65. The zero-order chi connectivity index (χ0) is 9.40. The highest BCUT2D eigenvalue weighted by Gasteiger charge is 2.18. The second kappa shape index (κ2) is 7.02. The number of hydrazine groups is 1. The monoisotopic (exact) mass is 175 g/mol. The molecule has 1 atom stereocenters. The minimum atomic E-state index is -0.713. The molecule has 12 heavy (non-hydrogen) atoms. The molecule has 0 bridgehead atoms. The minimum Gasteiger partial charge on any atom is -0.480 e. The van der Waals surface area contributed by atoms with Crippen LogP contribution < -0.4 is 16.6 Å². The maximum absolute atomic E-state index is 10.3. The SMILES string of the molecule is CNN.O=C(O)C1CCCCN1. The maximum Gasteiger partial charge on any atom is 0.320 e. The van der Waals surface area contributed by atoms with Gasteiger partial charge >= 0.3 is 5.97 Å². The molecule has 1 aliphatic heterocycles. The summed E-state index contributed by atoms with van der Waals surface area (Å²) in [6.07, 6.45) is 2.95. The van der Waals surface area contributed by atoms with Gasteiger partial charge in [-0.3, -0.25) is 16.1 Å². The Balaban J connectivity index is 0.000000354. The first-order chi connectivity index (χ1) is 5.72. The molecule has 0 amide bonds. The number of piperidine rings is 1. The Kier molecular flexibility index (Phi) is 6.64. The second-order valence-corrected chi connectivity index (χ2v) is 2.63. The largest absolute Gasteiger partial charge is 0.480 e. The Bertz CT molecular complexity index is 124. The third-order valence-corrected chi connectivity index (χ3v) is 1.61. The van der Waals surface area contributed by atoms with Crippen LogP contribution in [0.1, 0.15) is 19.3 Å². The summed E-state index contributed by atoms with van der Waals surface area (Å²) in [6.45, 7) is 0.858. The molecule has 5 nitrogen and oxygen atoms in total. The number of hydrogen-bond donors (Lipinski definition) is 4. The molecular formula is C7H17N3O2. The molecule has 0 aromatic heterocycles. The average molecular weight is 175 g/mol. The van der Waals surface area contributed by atoms with Crippen molar-refractivity contribution in [2.24, 2.45) is 5.84 Å². The molecular weight excluding hydrogens is 158 g/mol. The van der Waals surface area contributed by atoms with E-state index in [0.717, 1.165) is 25.8 Å². The number of carboxylic acid groups (broad SMARTS) is 1. The van der Waals surface area contributed by atoms with Gasteiger partial charge in [-0.05, 0) is 26.4 Å². The third-order valence-electron chi connectivity index (χ3n) is 1.61. The first-order valence-corrected chi connectivity index (χ1v) is 4.06. The van der Waals surface area contributed by atoms with E-state index in [4.69, 9.17) is 5.11 Å². The van der Waals surface area contributed by atoms with Crippen LogP contribution in [-0.2, 0) is 4.79 Å². The van der Waals surface area contributed by atoms with Crippen molar-refractivity contribution < 1.29 is 9.90 Å². The van der Waals surface area contributed by atoms with Gasteiger partial charge in [0.05, 0.1) is 0 Å². The Morgan fingerprint density at radius 3 is 2.50 bits per heavy atom. The Morgan fingerprint density at radius 1 is 1.67 bits per heavy atom. The van der Waals surface area contributed by atoms with Crippen molar-refractivity contribution in [2.45, 2.75) is 25.3 Å². The Labute approximate surface area is 72.3 Å². The second-order valence-electron chi connectivity index (χ2n) is 2.63. The lowest BCUT2D eigenvalue weighted by atomic mass is 10.1. The van der Waals surface area contributed by atoms with Gasteiger partial charge in [-0.15, -0.1) is 0 Å². The van der Waals surface area contributed by atoms with Crippen LogP contribution >= 0.6 is 0 Å². The van der Waals surface area contributed by atoms with E-state index < -0.39 is 5.97 Å². The lowest BCUT2D eigenvalue weighted by molar-refractivity contribution is -0.140. The van der Waals surface area contributed by atoms with Crippen LogP contribution in [0.5, 0.6) is 0 Å². The number of hydrogen-bond acceptors (Lipinski definition) is 4. The summed E-state index contributed by atoms with van der Waals surface area (Å²) >= 11 is 0. The lowest BCUT2D eigenvalue weighted by Gasteiger charge is -2.18. The molecule has 5 heteroatoms. The number of nitrogens with two attached hydrogens (primary N) is 1. The number of rotatable bonds is 1. The van der Waals surface area contributed by atoms with Crippen molar-refractivity contribution in [3.63, 3.8) is 0 Å². The smallest absolute Gasteiger partial charge is 0.320 e. The molecule has 5 N–H and O–H groups in total. The third kappa shape index (κ3) is 5.06. The van der Waals surface area contributed by atoms with Crippen molar-refractivity contribution in [3.8, 4) is 0 Å². The van der Waals surface area contributed by atoms with Crippen LogP contribution in [0, 0.1) is 0 Å². The standard InChI is InChI=1S/C6H11NO2.CH6N2/c8-6(9)5-3-1-2-4-7-5;1-3-2/h5,7H,1-4H2,(H,8,9);3H,2H2,1H3. The van der Waals surface area contributed by atoms with Gasteiger partial charge in [0.15, 0.2) is 0 Å². The molecule has 0 saturated carbocycles. The Morgan fingerprint density at radius 2 is 2.25 bits per heavy atom. The summed E-state index contributed by atoms with van der Waals surface area (Å²) < 4.78 is 0. The molecule has 0 aliphatic carbocycles. The first kappa shape index (κ1) is 11.4. The Hall–Kier alpha value is -0.650. The van der Waals surface area contributed by atoms with Gasteiger partial charge in [-0.1, -0.05) is 6.42 Å². The van der Waals surface area contributed by atoms with E-state index in [0.29, 0.717) is 0 Å². The molecule has 0 spiro atoms. The van der Waals surface area contributed by atoms with Crippen LogP contribution in [0.4, 0.5) is 0 Å². The van der Waals surface area contributed by atoms with Crippen molar-refractivity contribution in [2.75, 3.05) is 13.6 Å². The lowest BCUT2D eigenvalue weighted by Crippen LogP contribution is -2.40. The normalized spacial score (nSPS) is 22.3. The molecule has 0 aromatic carbocycles. The fourth-order valence-corrected chi connectivity index (χ4v) is 1.06. The van der Waals surface area contributed by atoms with Crippen LogP contribution in [0.3, 0.4) is 0 Å². The van der Waals surface area contributed by atoms with Gasteiger partial charge < -0.3 is 10.4 Å². The number of carbonyl (C=O) groups is 1. The van der Waals surface area contributed by atoms with E-state index in [1.54, 1.807) is 7.05 Å².